The van der Waals surface area contributed by atoms with Crippen LogP contribution in [-0.4, -0.2) is 11.4 Å². The quantitative estimate of drug-likeness (QED) is 0.0662. The summed E-state index contributed by atoms with van der Waals surface area (Å²) in [7, 11) is 0. The van der Waals surface area contributed by atoms with Gasteiger partial charge in [-0.3, -0.25) is 9.98 Å². The van der Waals surface area contributed by atoms with Crippen LogP contribution in [0.4, 0.5) is 11.4 Å². The van der Waals surface area contributed by atoms with Gasteiger partial charge in [0.2, 0.25) is 0 Å². The SMILES string of the molecule is CCCCCc1ccc(/N=C(CC)/C(CCCC)=N/c2ccc(CCCCC)c(CCCCC)c2)cc1CCCCC.[Ni]. The van der Waals surface area contributed by atoms with Gasteiger partial charge in [0.05, 0.1) is 22.8 Å². The summed E-state index contributed by atoms with van der Waals surface area (Å²) in [6.45, 7) is 13.7. The van der Waals surface area contributed by atoms with Gasteiger partial charge in [-0.25, -0.2) is 0 Å². The number of benzene rings is 2. The van der Waals surface area contributed by atoms with Crippen molar-refractivity contribution >= 4 is 22.8 Å². The summed E-state index contributed by atoms with van der Waals surface area (Å²) in [5, 5.41) is 0. The molecule has 0 aliphatic heterocycles. The summed E-state index contributed by atoms with van der Waals surface area (Å²) in [4.78, 5) is 10.6. The fourth-order valence-corrected chi connectivity index (χ4v) is 5.85. The van der Waals surface area contributed by atoms with Crippen molar-refractivity contribution in [3.05, 3.63) is 58.7 Å². The van der Waals surface area contributed by atoms with Crippen LogP contribution >= 0.6 is 0 Å². The van der Waals surface area contributed by atoms with Crippen molar-refractivity contribution < 1.29 is 16.5 Å². The van der Waals surface area contributed by atoms with Gasteiger partial charge in [0.15, 0.2) is 0 Å². The van der Waals surface area contributed by atoms with Crippen molar-refractivity contribution in [1.82, 2.24) is 0 Å². The fourth-order valence-electron chi connectivity index (χ4n) is 5.85. The first-order valence-electron chi connectivity index (χ1n) is 18.0. The number of unbranched alkanes of at least 4 members (excludes halogenated alkanes) is 9. The van der Waals surface area contributed by atoms with E-state index in [4.69, 9.17) is 9.98 Å². The number of aryl methyl sites for hydroxylation is 4. The maximum atomic E-state index is 5.33. The second-order valence-corrected chi connectivity index (χ2v) is 12.3. The zero-order chi connectivity index (χ0) is 30.4. The van der Waals surface area contributed by atoms with E-state index in [1.54, 1.807) is 0 Å². The van der Waals surface area contributed by atoms with E-state index >= 15 is 0 Å². The Morgan fingerprint density at radius 2 is 0.814 bits per heavy atom. The van der Waals surface area contributed by atoms with Gasteiger partial charge in [-0.05, 0) is 117 Å². The van der Waals surface area contributed by atoms with Gasteiger partial charge in [0, 0.05) is 16.5 Å². The molecule has 2 aromatic carbocycles. The van der Waals surface area contributed by atoms with Crippen molar-refractivity contribution in [2.24, 2.45) is 9.98 Å². The molecule has 244 valence electrons. The van der Waals surface area contributed by atoms with E-state index in [1.165, 1.54) is 137 Å². The number of nitrogens with zero attached hydrogens (tertiary/aromatic N) is 2. The molecule has 0 unspecified atom stereocenters. The second kappa shape index (κ2) is 24.6. The van der Waals surface area contributed by atoms with Gasteiger partial charge in [0.25, 0.3) is 0 Å². The fraction of sp³-hybridized carbons (Fsp3) is 0.650. The Kier molecular flexibility index (Phi) is 22.5. The summed E-state index contributed by atoms with van der Waals surface area (Å²) in [5.74, 6) is 0. The topological polar surface area (TPSA) is 24.7 Å². The van der Waals surface area contributed by atoms with E-state index in [9.17, 15) is 0 Å². The minimum absolute atomic E-state index is 0. The molecule has 2 aromatic rings. The first-order valence-corrected chi connectivity index (χ1v) is 18.0. The van der Waals surface area contributed by atoms with Crippen LogP contribution in [0.25, 0.3) is 0 Å². The summed E-state index contributed by atoms with van der Waals surface area (Å²) >= 11 is 0. The first-order chi connectivity index (χ1) is 20.6. The molecule has 0 bridgehead atoms. The Balaban J connectivity index is 0.00000924. The van der Waals surface area contributed by atoms with Crippen LogP contribution in [0.2, 0.25) is 0 Å². The van der Waals surface area contributed by atoms with Crippen LogP contribution in [0.3, 0.4) is 0 Å². The Morgan fingerprint density at radius 1 is 0.442 bits per heavy atom. The van der Waals surface area contributed by atoms with Crippen LogP contribution in [-0.2, 0) is 42.2 Å². The average Bonchev–Trinajstić information content (AvgIpc) is 3.00. The zero-order valence-electron chi connectivity index (χ0n) is 28.8. The first kappa shape index (κ1) is 39.3. The molecular formula is C40H64N2Ni. The molecule has 0 aliphatic carbocycles. The second-order valence-electron chi connectivity index (χ2n) is 12.3. The van der Waals surface area contributed by atoms with Crippen LogP contribution in [0.5, 0.6) is 0 Å². The summed E-state index contributed by atoms with van der Waals surface area (Å²) < 4.78 is 0. The molecule has 2 rings (SSSR count). The van der Waals surface area contributed by atoms with E-state index in [2.05, 4.69) is 77.9 Å². The maximum Gasteiger partial charge on any atom is 0.0636 e. The third kappa shape index (κ3) is 15.2. The molecule has 43 heavy (non-hydrogen) atoms. The molecule has 0 radical (unpaired) electrons. The molecule has 0 saturated carbocycles. The van der Waals surface area contributed by atoms with Crippen molar-refractivity contribution in [2.75, 3.05) is 0 Å². The number of hydrogen-bond acceptors (Lipinski definition) is 2. The molecule has 0 amide bonds. The minimum Gasteiger partial charge on any atom is -0.252 e. The van der Waals surface area contributed by atoms with Gasteiger partial charge < -0.3 is 0 Å². The van der Waals surface area contributed by atoms with Crippen molar-refractivity contribution in [3.8, 4) is 0 Å². The van der Waals surface area contributed by atoms with Gasteiger partial charge in [-0.2, -0.15) is 0 Å². The molecule has 0 N–H and O–H groups in total. The van der Waals surface area contributed by atoms with E-state index in [-0.39, 0.29) is 16.5 Å². The summed E-state index contributed by atoms with van der Waals surface area (Å²) in [6, 6.07) is 14.0. The molecule has 0 spiro atoms. The molecule has 2 nitrogen and oxygen atoms in total. The maximum absolute atomic E-state index is 5.33. The van der Waals surface area contributed by atoms with Crippen LogP contribution in [0.1, 0.15) is 167 Å². The smallest absolute Gasteiger partial charge is 0.0636 e. The Bertz CT molecular complexity index is 1070. The molecule has 0 aromatic heterocycles. The Hall–Kier alpha value is -1.73. The summed E-state index contributed by atoms with van der Waals surface area (Å²) in [5.41, 5.74) is 10.6. The predicted molar refractivity (Wildman–Crippen MR) is 190 cm³/mol. The Morgan fingerprint density at radius 3 is 1.19 bits per heavy atom. The molecule has 0 saturated heterocycles. The number of hydrogen-bond donors (Lipinski definition) is 0. The molecule has 0 heterocycles. The normalized spacial score (nSPS) is 12.0. The van der Waals surface area contributed by atoms with Gasteiger partial charge in [-0.15, -0.1) is 0 Å². The van der Waals surface area contributed by atoms with Crippen LogP contribution < -0.4 is 0 Å². The third-order valence-electron chi connectivity index (χ3n) is 8.54. The van der Waals surface area contributed by atoms with Crippen LogP contribution in [0.15, 0.2) is 46.4 Å². The summed E-state index contributed by atoms with van der Waals surface area (Å²) in [6.07, 6.45) is 24.3. The van der Waals surface area contributed by atoms with Crippen molar-refractivity contribution in [3.63, 3.8) is 0 Å². The standard InChI is InChI=1S/C40H64N2.Ni/c1-7-13-18-22-33-27-29-37(31-35(33)24-20-15-9-3)41-39(12-6)40(26-17-11-5)42-38-30-28-34(23-19-14-8-2)36(32-38)25-21-16-10-4;/h27-32H,7-26H2,1-6H3;/b41-39+,42-40+;. The number of aliphatic imine (C=N–C) groups is 2. The van der Waals surface area contributed by atoms with Gasteiger partial charge >= 0.3 is 0 Å². The third-order valence-corrected chi connectivity index (χ3v) is 8.54. The van der Waals surface area contributed by atoms with Crippen LogP contribution in [0, 0.1) is 0 Å². The van der Waals surface area contributed by atoms with E-state index in [0.717, 1.165) is 36.3 Å². The van der Waals surface area contributed by atoms with Crippen molar-refractivity contribution in [1.29, 1.82) is 0 Å². The Labute approximate surface area is 277 Å². The van der Waals surface area contributed by atoms with Gasteiger partial charge in [-0.1, -0.05) is 111 Å². The molecule has 0 atom stereocenters. The average molecular weight is 632 g/mol. The predicted octanol–water partition coefficient (Wildman–Crippen LogP) is 13.1. The molecular weight excluding hydrogens is 567 g/mol. The molecule has 3 heteroatoms. The zero-order valence-corrected chi connectivity index (χ0v) is 29.8. The monoisotopic (exact) mass is 630 g/mol. The molecule has 0 fully saturated rings. The minimum atomic E-state index is 0. The van der Waals surface area contributed by atoms with Gasteiger partial charge in [0.1, 0.15) is 0 Å². The van der Waals surface area contributed by atoms with E-state index in [0.29, 0.717) is 0 Å². The largest absolute Gasteiger partial charge is 0.252 e. The van der Waals surface area contributed by atoms with Crippen molar-refractivity contribution in [2.45, 2.75) is 170 Å². The van der Waals surface area contributed by atoms with E-state index in [1.807, 2.05) is 0 Å². The number of rotatable bonds is 23. The van der Waals surface area contributed by atoms with E-state index < -0.39 is 0 Å². The molecule has 0 aliphatic rings.